The highest BCUT2D eigenvalue weighted by atomic mass is 16.5. The Morgan fingerprint density at radius 2 is 2.12 bits per heavy atom. The number of carbonyl (C=O) groups excluding carboxylic acids is 3. The predicted octanol–water partition coefficient (Wildman–Crippen LogP) is 0.686. The Hall–Kier alpha value is -2.21. The predicted molar refractivity (Wildman–Crippen MR) is 90.0 cm³/mol. The standard InChI is InChI=1S/C18H24N2O4/c1-3-24-18(23)15-7-5-9-20(11-15)12-17(22)19-16-8-4-6-14(10-16)13(2)21/h4,6,8,10,15H,3,5,7,9,11-12H2,1-2H3,(H,19,22)/p+1/t15-/m0/s1. The molecule has 1 aliphatic rings. The molecule has 0 saturated carbocycles. The number of likely N-dealkylation sites (tertiary alicyclic amines) is 1. The second-order valence-electron chi connectivity index (χ2n) is 6.16. The van der Waals surface area contributed by atoms with Crippen molar-refractivity contribution in [1.82, 2.24) is 0 Å². The van der Waals surface area contributed by atoms with Gasteiger partial charge in [-0.05, 0) is 38.8 Å². The van der Waals surface area contributed by atoms with Gasteiger partial charge in [-0.1, -0.05) is 12.1 Å². The van der Waals surface area contributed by atoms with E-state index in [9.17, 15) is 14.4 Å². The van der Waals surface area contributed by atoms with Crippen molar-refractivity contribution < 1.29 is 24.0 Å². The Balaban J connectivity index is 1.89. The van der Waals surface area contributed by atoms with E-state index in [1.807, 2.05) is 0 Å². The second-order valence-corrected chi connectivity index (χ2v) is 6.16. The highest BCUT2D eigenvalue weighted by molar-refractivity contribution is 5.97. The molecule has 24 heavy (non-hydrogen) atoms. The van der Waals surface area contributed by atoms with Crippen LogP contribution in [0.25, 0.3) is 0 Å². The number of nitrogens with one attached hydrogen (secondary N) is 2. The van der Waals surface area contributed by atoms with E-state index in [1.165, 1.54) is 6.92 Å². The van der Waals surface area contributed by atoms with Crippen molar-refractivity contribution in [2.75, 3.05) is 31.6 Å². The number of rotatable bonds is 6. The van der Waals surface area contributed by atoms with Crippen molar-refractivity contribution in [1.29, 1.82) is 0 Å². The van der Waals surface area contributed by atoms with Gasteiger partial charge in [0.25, 0.3) is 5.91 Å². The zero-order chi connectivity index (χ0) is 17.5. The fraction of sp³-hybridized carbons (Fsp3) is 0.500. The number of amides is 1. The molecule has 130 valence electrons. The van der Waals surface area contributed by atoms with Crippen LogP contribution in [-0.4, -0.2) is 43.9 Å². The van der Waals surface area contributed by atoms with E-state index in [1.54, 1.807) is 31.2 Å². The van der Waals surface area contributed by atoms with E-state index < -0.39 is 0 Å². The Bertz CT molecular complexity index is 615. The molecule has 0 spiro atoms. The number of ether oxygens (including phenoxy) is 1. The van der Waals surface area contributed by atoms with Gasteiger partial charge in [0, 0.05) is 11.3 Å². The first-order valence-corrected chi connectivity index (χ1v) is 8.40. The molecule has 6 heteroatoms. The summed E-state index contributed by atoms with van der Waals surface area (Å²) < 4.78 is 5.08. The Morgan fingerprint density at radius 3 is 2.83 bits per heavy atom. The van der Waals surface area contributed by atoms with Crippen molar-refractivity contribution in [3.8, 4) is 0 Å². The van der Waals surface area contributed by atoms with Crippen LogP contribution in [0.2, 0.25) is 0 Å². The van der Waals surface area contributed by atoms with Gasteiger partial charge in [-0.3, -0.25) is 14.4 Å². The number of hydrogen-bond acceptors (Lipinski definition) is 4. The van der Waals surface area contributed by atoms with Crippen LogP contribution in [0.5, 0.6) is 0 Å². The molecule has 1 aromatic rings. The van der Waals surface area contributed by atoms with Crippen LogP contribution in [0.3, 0.4) is 0 Å². The molecule has 2 rings (SSSR count). The number of carbonyl (C=O) groups is 3. The minimum Gasteiger partial charge on any atom is -0.466 e. The molecule has 1 heterocycles. The van der Waals surface area contributed by atoms with E-state index in [2.05, 4.69) is 5.32 Å². The summed E-state index contributed by atoms with van der Waals surface area (Å²) >= 11 is 0. The van der Waals surface area contributed by atoms with Crippen LogP contribution in [0.4, 0.5) is 5.69 Å². The molecule has 1 aliphatic heterocycles. The Kier molecular flexibility index (Phi) is 6.49. The average molecular weight is 333 g/mol. The number of hydrogen-bond donors (Lipinski definition) is 2. The summed E-state index contributed by atoms with van der Waals surface area (Å²) in [6.07, 6.45) is 1.73. The third kappa shape index (κ3) is 5.16. The van der Waals surface area contributed by atoms with Crippen LogP contribution >= 0.6 is 0 Å². The van der Waals surface area contributed by atoms with Gasteiger partial charge < -0.3 is 15.0 Å². The lowest BCUT2D eigenvalue weighted by molar-refractivity contribution is -0.899. The largest absolute Gasteiger partial charge is 0.466 e. The normalized spacial score (nSPS) is 20.2. The molecule has 2 atom stereocenters. The Labute approximate surface area is 142 Å². The first-order chi connectivity index (χ1) is 11.5. The molecular weight excluding hydrogens is 308 g/mol. The van der Waals surface area contributed by atoms with E-state index in [4.69, 9.17) is 4.74 Å². The summed E-state index contributed by atoms with van der Waals surface area (Å²) in [6.45, 7) is 5.48. The van der Waals surface area contributed by atoms with Gasteiger partial charge in [-0.15, -0.1) is 0 Å². The SMILES string of the molecule is CCOC(=O)[C@H]1CCC[NH+](CC(=O)Nc2cccc(C(C)=O)c2)C1. The van der Waals surface area contributed by atoms with Crippen LogP contribution in [0.15, 0.2) is 24.3 Å². The maximum atomic E-state index is 12.2. The van der Waals surface area contributed by atoms with Gasteiger partial charge in [0.1, 0.15) is 5.92 Å². The van der Waals surface area contributed by atoms with Crippen LogP contribution < -0.4 is 10.2 Å². The van der Waals surface area contributed by atoms with E-state index >= 15 is 0 Å². The van der Waals surface area contributed by atoms with Gasteiger partial charge >= 0.3 is 5.97 Å². The molecule has 1 saturated heterocycles. The van der Waals surface area contributed by atoms with Gasteiger partial charge in [0.2, 0.25) is 0 Å². The first kappa shape index (κ1) is 18.1. The number of piperidine rings is 1. The lowest BCUT2D eigenvalue weighted by atomic mass is 9.98. The number of esters is 1. The third-order valence-corrected chi connectivity index (χ3v) is 4.20. The lowest BCUT2D eigenvalue weighted by Crippen LogP contribution is -3.14. The molecule has 0 bridgehead atoms. The summed E-state index contributed by atoms with van der Waals surface area (Å²) in [5.74, 6) is -0.438. The third-order valence-electron chi connectivity index (χ3n) is 4.20. The zero-order valence-electron chi connectivity index (χ0n) is 14.3. The summed E-state index contributed by atoms with van der Waals surface area (Å²) in [5, 5.41) is 2.83. The van der Waals surface area contributed by atoms with Crippen LogP contribution in [0.1, 0.15) is 37.0 Å². The summed E-state index contributed by atoms with van der Waals surface area (Å²) in [5.41, 5.74) is 1.19. The summed E-state index contributed by atoms with van der Waals surface area (Å²) in [7, 11) is 0. The number of ketones is 1. The maximum Gasteiger partial charge on any atom is 0.314 e. The molecule has 0 radical (unpaired) electrons. The van der Waals surface area contributed by atoms with Crippen molar-refractivity contribution >= 4 is 23.3 Å². The number of anilines is 1. The van der Waals surface area contributed by atoms with Gasteiger partial charge in [0.15, 0.2) is 12.3 Å². The second kappa shape index (κ2) is 8.59. The topological polar surface area (TPSA) is 76.9 Å². The summed E-state index contributed by atoms with van der Waals surface area (Å²) in [6, 6.07) is 6.90. The lowest BCUT2D eigenvalue weighted by Gasteiger charge is -2.28. The molecular formula is C18H25N2O4+. The van der Waals surface area contributed by atoms with Crippen molar-refractivity contribution in [3.63, 3.8) is 0 Å². The number of benzene rings is 1. The van der Waals surface area contributed by atoms with Gasteiger partial charge in [-0.25, -0.2) is 0 Å². The number of Topliss-reactive ketones (excluding diaryl/α,β-unsaturated/α-hetero) is 1. The van der Waals surface area contributed by atoms with Gasteiger partial charge in [0.05, 0.1) is 19.7 Å². The van der Waals surface area contributed by atoms with Crippen molar-refractivity contribution in [2.24, 2.45) is 5.92 Å². The fourth-order valence-electron chi connectivity index (χ4n) is 3.02. The molecule has 1 unspecified atom stereocenters. The highest BCUT2D eigenvalue weighted by Crippen LogP contribution is 2.11. The summed E-state index contributed by atoms with van der Waals surface area (Å²) in [4.78, 5) is 36.6. The quantitative estimate of drug-likeness (QED) is 0.593. The van der Waals surface area contributed by atoms with Gasteiger partial charge in [-0.2, -0.15) is 0 Å². The minimum atomic E-state index is -0.163. The molecule has 1 aromatic carbocycles. The Morgan fingerprint density at radius 1 is 1.33 bits per heavy atom. The molecule has 2 N–H and O–H groups in total. The molecule has 0 aromatic heterocycles. The monoisotopic (exact) mass is 333 g/mol. The zero-order valence-corrected chi connectivity index (χ0v) is 14.3. The average Bonchev–Trinajstić information content (AvgIpc) is 2.55. The van der Waals surface area contributed by atoms with Crippen LogP contribution in [-0.2, 0) is 14.3 Å². The number of quaternary nitrogens is 1. The van der Waals surface area contributed by atoms with E-state index in [-0.39, 0.29) is 23.6 Å². The smallest absolute Gasteiger partial charge is 0.314 e. The van der Waals surface area contributed by atoms with Crippen molar-refractivity contribution in [2.45, 2.75) is 26.7 Å². The van der Waals surface area contributed by atoms with Crippen LogP contribution in [0, 0.1) is 5.92 Å². The van der Waals surface area contributed by atoms with E-state index in [0.29, 0.717) is 30.9 Å². The molecule has 1 fully saturated rings. The van der Waals surface area contributed by atoms with Crippen molar-refractivity contribution in [3.05, 3.63) is 29.8 Å². The highest BCUT2D eigenvalue weighted by Gasteiger charge is 2.30. The molecule has 0 aliphatic carbocycles. The first-order valence-electron chi connectivity index (χ1n) is 8.40. The minimum absolute atomic E-state index is 0.0370. The fourth-order valence-corrected chi connectivity index (χ4v) is 3.02. The molecule has 6 nitrogen and oxygen atoms in total. The van der Waals surface area contributed by atoms with E-state index in [0.717, 1.165) is 24.3 Å². The maximum absolute atomic E-state index is 12.2. The molecule has 1 amide bonds.